The number of nitrogens with zero attached hydrogens (tertiary/aromatic N) is 4. The van der Waals surface area contributed by atoms with Crippen LogP contribution >= 0.6 is 11.6 Å². The molecule has 0 radical (unpaired) electrons. The molecule has 8 rings (SSSR count). The van der Waals surface area contributed by atoms with Crippen molar-refractivity contribution in [3.05, 3.63) is 124 Å². The number of aromatic nitrogens is 1. The van der Waals surface area contributed by atoms with E-state index < -0.39 is 82.9 Å². The third kappa shape index (κ3) is 5.25. The summed E-state index contributed by atoms with van der Waals surface area (Å²) in [6.45, 7) is 1.47. The van der Waals surface area contributed by atoms with Gasteiger partial charge in [0.15, 0.2) is 5.82 Å². The van der Waals surface area contributed by atoms with Crippen LogP contribution in [0.4, 0.5) is 24.7 Å². The third-order valence-electron chi connectivity index (χ3n) is 11.2. The zero-order chi connectivity index (χ0) is 38.3. The van der Waals surface area contributed by atoms with Crippen molar-refractivity contribution in [3.8, 4) is 0 Å². The standard InChI is InChI=1S/C39H33ClF3N5O6/c1-20-8-10-22(11-9-20)45-47-35(51)27-18-26-24(32(29-16-12-23(19-49)54-29)38(27,37(47)53)21-6-4-3-5-7-21)13-14-25-31(26)36(52)48(34(25)50)46(2)33-28(40)15-17-30(44-33)39(41,42)43/h3-13,15-17,25-27,31-32,45,49H,14,18-19H2,1-2H3/t25-,26+,27-,31-,32+,38+/m0/s1. The molecule has 2 saturated heterocycles. The summed E-state index contributed by atoms with van der Waals surface area (Å²) in [4.78, 5) is 62.1. The Hall–Kier alpha value is -5.47. The first-order valence-electron chi connectivity index (χ1n) is 17.3. The molecule has 4 heterocycles. The average molecular weight is 760 g/mol. The summed E-state index contributed by atoms with van der Waals surface area (Å²) < 4.78 is 47.1. The number of hydrogen-bond acceptors (Lipinski definition) is 9. The number of aryl methyl sites for hydroxylation is 1. The highest BCUT2D eigenvalue weighted by Gasteiger charge is 2.71. The van der Waals surface area contributed by atoms with Gasteiger partial charge in [-0.1, -0.05) is 71.3 Å². The number of fused-ring (bicyclic) bond motifs is 4. The number of imide groups is 2. The number of furan rings is 1. The van der Waals surface area contributed by atoms with Gasteiger partial charge in [0, 0.05) is 7.05 Å². The number of carbonyl (C=O) groups excluding carboxylic acids is 4. The van der Waals surface area contributed by atoms with Crippen molar-refractivity contribution < 1.29 is 41.9 Å². The van der Waals surface area contributed by atoms with Crippen molar-refractivity contribution in [1.29, 1.82) is 0 Å². The molecule has 4 aromatic rings. The van der Waals surface area contributed by atoms with Crippen LogP contribution in [-0.2, 0) is 37.4 Å². The number of amides is 4. The van der Waals surface area contributed by atoms with Gasteiger partial charge < -0.3 is 9.52 Å². The van der Waals surface area contributed by atoms with E-state index in [9.17, 15) is 32.7 Å². The molecule has 278 valence electrons. The molecule has 6 atom stereocenters. The highest BCUT2D eigenvalue weighted by Crippen LogP contribution is 2.64. The highest BCUT2D eigenvalue weighted by atomic mass is 35.5. The van der Waals surface area contributed by atoms with Crippen molar-refractivity contribution >= 4 is 46.7 Å². The van der Waals surface area contributed by atoms with Gasteiger partial charge in [0.2, 0.25) is 0 Å². The molecule has 3 fully saturated rings. The minimum absolute atomic E-state index is 0.0122. The molecule has 15 heteroatoms. The Balaban J connectivity index is 1.26. The zero-order valence-corrected chi connectivity index (χ0v) is 29.6. The summed E-state index contributed by atoms with van der Waals surface area (Å²) in [5.41, 5.74) is 2.80. The van der Waals surface area contributed by atoms with Crippen molar-refractivity contribution in [1.82, 2.24) is 15.0 Å². The van der Waals surface area contributed by atoms with Gasteiger partial charge in [-0.05, 0) is 67.6 Å². The van der Waals surface area contributed by atoms with E-state index in [4.69, 9.17) is 16.0 Å². The average Bonchev–Trinajstić information content (AvgIpc) is 3.80. The quantitative estimate of drug-likeness (QED) is 0.167. The Bertz CT molecular complexity index is 2230. The van der Waals surface area contributed by atoms with E-state index >= 15 is 4.79 Å². The number of benzene rings is 2. The van der Waals surface area contributed by atoms with Crippen LogP contribution in [0.2, 0.25) is 5.02 Å². The molecule has 2 aromatic carbocycles. The second kappa shape index (κ2) is 12.8. The highest BCUT2D eigenvalue weighted by molar-refractivity contribution is 6.33. The number of allylic oxidation sites excluding steroid dienone is 2. The number of rotatable bonds is 7. The lowest BCUT2D eigenvalue weighted by Gasteiger charge is -2.49. The van der Waals surface area contributed by atoms with E-state index in [0.717, 1.165) is 26.7 Å². The van der Waals surface area contributed by atoms with Crippen molar-refractivity contribution in [2.75, 3.05) is 17.5 Å². The Kier molecular flexibility index (Phi) is 8.45. The maximum atomic E-state index is 15.1. The number of halogens is 4. The van der Waals surface area contributed by atoms with Gasteiger partial charge >= 0.3 is 6.18 Å². The van der Waals surface area contributed by atoms with Gasteiger partial charge in [0.1, 0.15) is 29.2 Å². The fourth-order valence-corrected chi connectivity index (χ4v) is 9.11. The van der Waals surface area contributed by atoms with E-state index in [-0.39, 0.29) is 29.4 Å². The van der Waals surface area contributed by atoms with Gasteiger partial charge in [-0.2, -0.15) is 23.2 Å². The zero-order valence-electron chi connectivity index (χ0n) is 28.9. The molecule has 2 aliphatic heterocycles. The molecule has 2 N–H and O–H groups in total. The molecule has 2 aromatic heterocycles. The Morgan fingerprint density at radius 1 is 0.963 bits per heavy atom. The normalized spacial score (nSPS) is 26.4. The molecule has 0 spiro atoms. The van der Waals surface area contributed by atoms with Gasteiger partial charge in [-0.3, -0.25) is 29.6 Å². The number of pyridine rings is 1. The SMILES string of the molecule is Cc1ccc(NN2C(=O)[C@@H]3C[C@@H]4C(=CC[C@@H]5C(=O)N(N(C)c6nc(C(F)(F)F)ccc6Cl)C(=O)[C@@H]54)[C@H](c4ccc(CO)o4)[C@]3(c3ccccc3)C2=O)cc1. The number of hydrogen-bond donors (Lipinski definition) is 2. The maximum Gasteiger partial charge on any atom is 0.433 e. The van der Waals surface area contributed by atoms with Gasteiger partial charge in [0.05, 0.1) is 34.4 Å². The topological polar surface area (TPSA) is 136 Å². The number of anilines is 2. The smallest absolute Gasteiger partial charge is 0.433 e. The summed E-state index contributed by atoms with van der Waals surface area (Å²) in [6.07, 6.45) is -2.95. The summed E-state index contributed by atoms with van der Waals surface area (Å²) in [7, 11) is 1.24. The Morgan fingerprint density at radius 3 is 2.35 bits per heavy atom. The third-order valence-corrected chi connectivity index (χ3v) is 11.5. The van der Waals surface area contributed by atoms with Crippen LogP contribution in [0.5, 0.6) is 0 Å². The predicted octanol–water partition coefficient (Wildman–Crippen LogP) is 6.18. The molecule has 0 unspecified atom stereocenters. The Morgan fingerprint density at radius 2 is 1.69 bits per heavy atom. The summed E-state index contributed by atoms with van der Waals surface area (Å²) in [5, 5.41) is 12.5. The van der Waals surface area contributed by atoms with Crippen molar-refractivity contribution in [2.45, 2.75) is 43.9 Å². The fraction of sp³-hybridized carbons (Fsp3) is 0.308. The molecule has 4 amide bonds. The lowest BCUT2D eigenvalue weighted by atomic mass is 9.50. The van der Waals surface area contributed by atoms with Crippen LogP contribution in [0.3, 0.4) is 0 Å². The molecular weight excluding hydrogens is 727 g/mol. The first-order chi connectivity index (χ1) is 25.8. The van der Waals surface area contributed by atoms with Crippen LogP contribution in [0.15, 0.2) is 94.9 Å². The second-order valence-electron chi connectivity index (χ2n) is 14.1. The van der Waals surface area contributed by atoms with E-state index in [1.165, 1.54) is 7.05 Å². The molecule has 54 heavy (non-hydrogen) atoms. The largest absolute Gasteiger partial charge is 0.463 e. The van der Waals surface area contributed by atoms with Crippen LogP contribution in [0, 0.1) is 30.6 Å². The van der Waals surface area contributed by atoms with Gasteiger partial charge in [0.25, 0.3) is 23.6 Å². The molecule has 1 saturated carbocycles. The van der Waals surface area contributed by atoms with Crippen LogP contribution in [0.25, 0.3) is 0 Å². The Labute approximate surface area is 311 Å². The van der Waals surface area contributed by atoms with E-state index in [2.05, 4.69) is 10.4 Å². The molecule has 4 aliphatic rings. The fourth-order valence-electron chi connectivity index (χ4n) is 8.88. The molecule has 2 aliphatic carbocycles. The first kappa shape index (κ1) is 35.6. The van der Waals surface area contributed by atoms with E-state index in [1.54, 1.807) is 54.6 Å². The van der Waals surface area contributed by atoms with E-state index in [0.29, 0.717) is 22.9 Å². The number of nitrogens with one attached hydrogen (secondary N) is 1. The minimum atomic E-state index is -4.82. The van der Waals surface area contributed by atoms with Crippen LogP contribution in [0.1, 0.15) is 47.1 Å². The maximum absolute atomic E-state index is 15.1. The van der Waals surface area contributed by atoms with Gasteiger partial charge in [-0.15, -0.1) is 0 Å². The van der Waals surface area contributed by atoms with Crippen LogP contribution < -0.4 is 10.4 Å². The lowest BCUT2D eigenvalue weighted by Crippen LogP contribution is -2.53. The molecular formula is C39H33ClF3N5O6. The molecule has 0 bridgehead atoms. The second-order valence-corrected chi connectivity index (χ2v) is 14.5. The molecule has 11 nitrogen and oxygen atoms in total. The van der Waals surface area contributed by atoms with Crippen molar-refractivity contribution in [2.24, 2.45) is 23.7 Å². The summed E-state index contributed by atoms with van der Waals surface area (Å²) >= 11 is 6.28. The van der Waals surface area contributed by atoms with Crippen LogP contribution in [-0.4, -0.2) is 50.8 Å². The first-order valence-corrected chi connectivity index (χ1v) is 17.7. The number of aliphatic hydroxyl groups is 1. The lowest BCUT2D eigenvalue weighted by molar-refractivity contribution is -0.142. The monoisotopic (exact) mass is 759 g/mol. The van der Waals surface area contributed by atoms with E-state index in [1.807, 2.05) is 25.1 Å². The minimum Gasteiger partial charge on any atom is -0.463 e. The van der Waals surface area contributed by atoms with Crippen molar-refractivity contribution in [3.63, 3.8) is 0 Å². The number of alkyl halides is 3. The number of aliphatic hydroxyl groups excluding tert-OH is 1. The number of carbonyl (C=O) groups is 4. The summed E-state index contributed by atoms with van der Waals surface area (Å²) in [5.74, 6) is -7.15. The van der Waals surface area contributed by atoms with Gasteiger partial charge in [-0.25, -0.2) is 4.98 Å². The summed E-state index contributed by atoms with van der Waals surface area (Å²) in [6, 6.07) is 21.0. The number of hydrazine groups is 2. The predicted molar refractivity (Wildman–Crippen MR) is 188 cm³/mol.